The number of carbonyl (C=O) groups excluding carboxylic acids is 1. The molecule has 1 fully saturated rings. The van der Waals surface area contributed by atoms with Gasteiger partial charge in [0.1, 0.15) is 5.82 Å². The van der Waals surface area contributed by atoms with Gasteiger partial charge in [0.05, 0.1) is 0 Å². The molecule has 0 aromatic heterocycles. The standard InChI is InChI=1S/C15H21FN2O/c1-11-2-3-13(16)10-14(11)15(19)18-9-6-12-4-7-17-8-5-12/h2-3,10,12,17H,4-9H2,1H3,(H,18,19). The highest BCUT2D eigenvalue weighted by Gasteiger charge is 2.14. The average Bonchev–Trinajstić information content (AvgIpc) is 2.42. The van der Waals surface area contributed by atoms with Crippen LogP contribution in [-0.2, 0) is 0 Å². The Morgan fingerprint density at radius 3 is 2.89 bits per heavy atom. The fraction of sp³-hybridized carbons (Fsp3) is 0.533. The van der Waals surface area contributed by atoms with Crippen molar-refractivity contribution in [1.82, 2.24) is 10.6 Å². The minimum atomic E-state index is -0.367. The molecule has 1 heterocycles. The number of hydrogen-bond acceptors (Lipinski definition) is 2. The van der Waals surface area contributed by atoms with E-state index in [1.807, 2.05) is 6.92 Å². The maximum Gasteiger partial charge on any atom is 0.251 e. The number of piperidine rings is 1. The lowest BCUT2D eigenvalue weighted by molar-refractivity contribution is 0.0949. The molecule has 0 radical (unpaired) electrons. The van der Waals surface area contributed by atoms with Crippen molar-refractivity contribution in [3.8, 4) is 0 Å². The van der Waals surface area contributed by atoms with Crippen LogP contribution in [-0.4, -0.2) is 25.5 Å². The van der Waals surface area contributed by atoms with Gasteiger partial charge >= 0.3 is 0 Å². The van der Waals surface area contributed by atoms with Crippen LogP contribution in [0.5, 0.6) is 0 Å². The summed E-state index contributed by atoms with van der Waals surface area (Å²) >= 11 is 0. The number of halogens is 1. The number of amides is 1. The summed E-state index contributed by atoms with van der Waals surface area (Å²) in [5.41, 5.74) is 1.24. The van der Waals surface area contributed by atoms with Crippen molar-refractivity contribution in [2.45, 2.75) is 26.2 Å². The highest BCUT2D eigenvalue weighted by Crippen LogP contribution is 2.15. The molecule has 3 nitrogen and oxygen atoms in total. The van der Waals surface area contributed by atoms with Gasteiger partial charge in [0.25, 0.3) is 5.91 Å². The van der Waals surface area contributed by atoms with Crippen molar-refractivity contribution < 1.29 is 9.18 Å². The van der Waals surface area contributed by atoms with E-state index in [4.69, 9.17) is 0 Å². The minimum Gasteiger partial charge on any atom is -0.352 e. The first-order valence-electron chi connectivity index (χ1n) is 6.92. The van der Waals surface area contributed by atoms with Crippen molar-refractivity contribution in [2.24, 2.45) is 5.92 Å². The second-order valence-electron chi connectivity index (χ2n) is 5.20. The minimum absolute atomic E-state index is 0.175. The van der Waals surface area contributed by atoms with Crippen molar-refractivity contribution in [1.29, 1.82) is 0 Å². The van der Waals surface area contributed by atoms with Gasteiger partial charge in [-0.15, -0.1) is 0 Å². The fourth-order valence-electron chi connectivity index (χ4n) is 2.49. The maximum atomic E-state index is 13.1. The second kappa shape index (κ2) is 6.66. The first kappa shape index (κ1) is 14.0. The van der Waals surface area contributed by atoms with Crippen LogP contribution >= 0.6 is 0 Å². The van der Waals surface area contributed by atoms with Crippen molar-refractivity contribution >= 4 is 5.91 Å². The zero-order chi connectivity index (χ0) is 13.7. The van der Waals surface area contributed by atoms with Gasteiger partial charge in [-0.1, -0.05) is 6.07 Å². The van der Waals surface area contributed by atoms with Crippen molar-refractivity contribution in [2.75, 3.05) is 19.6 Å². The number of rotatable bonds is 4. The largest absolute Gasteiger partial charge is 0.352 e. The summed E-state index contributed by atoms with van der Waals surface area (Å²) in [6, 6.07) is 4.31. The fourth-order valence-corrected chi connectivity index (χ4v) is 2.49. The Morgan fingerprint density at radius 2 is 2.16 bits per heavy atom. The van der Waals surface area contributed by atoms with Crippen molar-refractivity contribution in [3.05, 3.63) is 35.1 Å². The molecule has 1 amide bonds. The molecule has 1 aromatic rings. The van der Waals surface area contributed by atoms with E-state index in [0.29, 0.717) is 18.0 Å². The molecule has 2 N–H and O–H groups in total. The van der Waals surface area contributed by atoms with Crippen LogP contribution in [0.2, 0.25) is 0 Å². The van der Waals surface area contributed by atoms with Crippen LogP contribution in [0.4, 0.5) is 4.39 Å². The first-order chi connectivity index (χ1) is 9.16. The summed E-state index contributed by atoms with van der Waals surface area (Å²) in [5.74, 6) is 0.148. The highest BCUT2D eigenvalue weighted by atomic mass is 19.1. The van der Waals surface area contributed by atoms with Crippen LogP contribution < -0.4 is 10.6 Å². The Labute approximate surface area is 113 Å². The molecule has 104 valence electrons. The second-order valence-corrected chi connectivity index (χ2v) is 5.20. The predicted octanol–water partition coefficient (Wildman–Crippen LogP) is 2.25. The Bertz CT molecular complexity index is 442. The zero-order valence-electron chi connectivity index (χ0n) is 11.3. The van der Waals surface area contributed by atoms with Crippen LogP contribution in [0.15, 0.2) is 18.2 Å². The van der Waals surface area contributed by atoms with Crippen LogP contribution in [0.1, 0.15) is 35.2 Å². The first-order valence-corrected chi connectivity index (χ1v) is 6.92. The molecule has 0 saturated carbocycles. The van der Waals surface area contributed by atoms with Crippen LogP contribution in [0, 0.1) is 18.7 Å². The summed E-state index contributed by atoms with van der Waals surface area (Å²) in [6.45, 7) is 4.63. The van der Waals surface area contributed by atoms with E-state index in [-0.39, 0.29) is 11.7 Å². The average molecular weight is 264 g/mol. The summed E-state index contributed by atoms with van der Waals surface area (Å²) < 4.78 is 13.1. The highest BCUT2D eigenvalue weighted by molar-refractivity contribution is 5.95. The summed E-state index contributed by atoms with van der Waals surface area (Å²) in [6.07, 6.45) is 3.35. The molecule has 0 atom stereocenters. The van der Waals surface area contributed by atoms with E-state index in [1.54, 1.807) is 6.07 Å². The van der Waals surface area contributed by atoms with Gasteiger partial charge in [-0.25, -0.2) is 4.39 Å². The van der Waals surface area contributed by atoms with Gasteiger partial charge in [-0.05, 0) is 62.9 Å². The van der Waals surface area contributed by atoms with Gasteiger partial charge in [0.15, 0.2) is 0 Å². The smallest absolute Gasteiger partial charge is 0.251 e. The molecule has 0 unspecified atom stereocenters. The monoisotopic (exact) mass is 264 g/mol. The Morgan fingerprint density at radius 1 is 1.42 bits per heavy atom. The van der Waals surface area contributed by atoms with Crippen LogP contribution in [0.3, 0.4) is 0 Å². The topological polar surface area (TPSA) is 41.1 Å². The molecule has 4 heteroatoms. The molecule has 2 rings (SSSR count). The molecule has 0 bridgehead atoms. The Kier molecular flexibility index (Phi) is 4.91. The summed E-state index contributed by atoms with van der Waals surface area (Å²) in [4.78, 5) is 12.0. The van der Waals surface area contributed by atoms with E-state index in [9.17, 15) is 9.18 Å². The maximum absolute atomic E-state index is 13.1. The Balaban J connectivity index is 1.82. The normalized spacial score (nSPS) is 16.3. The molecule has 1 saturated heterocycles. The number of nitrogens with one attached hydrogen (secondary N) is 2. The predicted molar refractivity (Wildman–Crippen MR) is 73.7 cm³/mol. The van der Waals surface area contributed by atoms with Gasteiger partial charge in [-0.2, -0.15) is 0 Å². The number of carbonyl (C=O) groups is 1. The third kappa shape index (κ3) is 4.03. The molecular formula is C15H21FN2O. The Hall–Kier alpha value is -1.42. The SMILES string of the molecule is Cc1ccc(F)cc1C(=O)NCCC1CCNCC1. The summed E-state index contributed by atoms with van der Waals surface area (Å²) in [5, 5.41) is 6.21. The molecule has 1 aromatic carbocycles. The van der Waals surface area contributed by atoms with E-state index < -0.39 is 0 Å². The lowest BCUT2D eigenvalue weighted by Gasteiger charge is -2.22. The van der Waals surface area contributed by atoms with Gasteiger partial charge in [-0.3, -0.25) is 4.79 Å². The molecule has 19 heavy (non-hydrogen) atoms. The lowest BCUT2D eigenvalue weighted by Crippen LogP contribution is -2.31. The number of aryl methyl sites for hydroxylation is 1. The molecule has 0 spiro atoms. The van der Waals surface area contributed by atoms with E-state index in [0.717, 1.165) is 25.1 Å². The summed E-state index contributed by atoms with van der Waals surface area (Å²) in [7, 11) is 0. The molecule has 1 aliphatic rings. The van der Waals surface area contributed by atoms with E-state index in [1.165, 1.54) is 25.0 Å². The van der Waals surface area contributed by atoms with Gasteiger partial charge in [0, 0.05) is 12.1 Å². The quantitative estimate of drug-likeness (QED) is 0.875. The van der Waals surface area contributed by atoms with E-state index >= 15 is 0 Å². The molecule has 1 aliphatic heterocycles. The third-order valence-corrected chi connectivity index (χ3v) is 3.74. The van der Waals surface area contributed by atoms with Gasteiger partial charge in [0.2, 0.25) is 0 Å². The third-order valence-electron chi connectivity index (χ3n) is 3.74. The molecule has 0 aliphatic carbocycles. The van der Waals surface area contributed by atoms with Gasteiger partial charge < -0.3 is 10.6 Å². The number of hydrogen-bond donors (Lipinski definition) is 2. The zero-order valence-corrected chi connectivity index (χ0v) is 11.3. The van der Waals surface area contributed by atoms with Crippen LogP contribution in [0.25, 0.3) is 0 Å². The number of benzene rings is 1. The molecular weight excluding hydrogens is 243 g/mol. The van der Waals surface area contributed by atoms with Crippen molar-refractivity contribution in [3.63, 3.8) is 0 Å². The van der Waals surface area contributed by atoms with E-state index in [2.05, 4.69) is 10.6 Å². The lowest BCUT2D eigenvalue weighted by atomic mass is 9.95.